The number of aromatic nitrogens is 2. The number of methoxy groups -OCH3 is 1. The van der Waals surface area contributed by atoms with Crippen LogP contribution in [0.15, 0.2) is 35.3 Å². The first kappa shape index (κ1) is 13.9. The summed E-state index contributed by atoms with van der Waals surface area (Å²) in [5.74, 6) is 0.828. The molecule has 1 saturated heterocycles. The Labute approximate surface area is 127 Å². The lowest BCUT2D eigenvalue weighted by Gasteiger charge is -2.27. The Kier molecular flexibility index (Phi) is 3.84. The van der Waals surface area contributed by atoms with E-state index in [9.17, 15) is 4.79 Å². The van der Waals surface area contributed by atoms with Crippen LogP contribution >= 0.6 is 11.6 Å². The Bertz CT molecular complexity index is 701. The van der Waals surface area contributed by atoms with Crippen molar-refractivity contribution >= 4 is 17.3 Å². The molecule has 0 amide bonds. The number of ether oxygens (including phenoxy) is 1. The second-order valence-corrected chi connectivity index (χ2v) is 5.40. The van der Waals surface area contributed by atoms with Crippen molar-refractivity contribution in [1.29, 1.82) is 0 Å². The molecule has 1 aliphatic rings. The van der Waals surface area contributed by atoms with Gasteiger partial charge in [-0.05, 0) is 30.5 Å². The van der Waals surface area contributed by atoms with Crippen LogP contribution in [0.1, 0.15) is 24.4 Å². The standard InChI is InChI=1S/C15H16ClN3O2/c1-21-11-5-2-4-10(8-11)12-6-3-7-19(12)13-9-17-18-15(20)14(13)16/h2,4-5,8-9,12H,3,6-7H2,1H3,(H,18,20). The Morgan fingerprint density at radius 1 is 1.48 bits per heavy atom. The van der Waals surface area contributed by atoms with Crippen LogP contribution < -0.4 is 15.2 Å². The molecule has 1 atom stereocenters. The number of hydrogen-bond donors (Lipinski definition) is 1. The monoisotopic (exact) mass is 305 g/mol. The Morgan fingerprint density at radius 3 is 3.14 bits per heavy atom. The van der Waals surface area contributed by atoms with E-state index in [4.69, 9.17) is 16.3 Å². The Morgan fingerprint density at radius 2 is 2.33 bits per heavy atom. The smallest absolute Gasteiger partial charge is 0.285 e. The van der Waals surface area contributed by atoms with E-state index in [0.29, 0.717) is 5.69 Å². The van der Waals surface area contributed by atoms with Crippen LogP contribution in [0.5, 0.6) is 5.75 Å². The number of nitrogens with zero attached hydrogens (tertiary/aromatic N) is 2. The minimum Gasteiger partial charge on any atom is -0.497 e. The van der Waals surface area contributed by atoms with E-state index in [1.807, 2.05) is 18.2 Å². The molecule has 1 N–H and O–H groups in total. The zero-order chi connectivity index (χ0) is 14.8. The summed E-state index contributed by atoms with van der Waals surface area (Å²) in [5, 5.41) is 6.41. The lowest BCUT2D eigenvalue weighted by molar-refractivity contribution is 0.414. The largest absolute Gasteiger partial charge is 0.497 e. The summed E-state index contributed by atoms with van der Waals surface area (Å²) in [6, 6.07) is 8.17. The van der Waals surface area contributed by atoms with Crippen molar-refractivity contribution in [2.45, 2.75) is 18.9 Å². The fourth-order valence-electron chi connectivity index (χ4n) is 2.82. The van der Waals surface area contributed by atoms with Gasteiger partial charge in [0.2, 0.25) is 0 Å². The van der Waals surface area contributed by atoms with Crippen molar-refractivity contribution in [2.75, 3.05) is 18.6 Å². The maximum Gasteiger partial charge on any atom is 0.285 e. The Balaban J connectivity index is 1.99. The summed E-state index contributed by atoms with van der Waals surface area (Å²) in [5.41, 5.74) is 1.49. The first-order valence-corrected chi connectivity index (χ1v) is 7.22. The highest BCUT2D eigenvalue weighted by atomic mass is 35.5. The molecule has 1 aliphatic heterocycles. The number of H-pyrrole nitrogens is 1. The van der Waals surface area contributed by atoms with Gasteiger partial charge in [0, 0.05) is 6.54 Å². The number of hydrogen-bond acceptors (Lipinski definition) is 4. The van der Waals surface area contributed by atoms with Crippen molar-refractivity contribution in [3.05, 3.63) is 51.4 Å². The van der Waals surface area contributed by atoms with Gasteiger partial charge < -0.3 is 9.64 Å². The van der Waals surface area contributed by atoms with Gasteiger partial charge in [0.25, 0.3) is 5.56 Å². The van der Waals surface area contributed by atoms with E-state index in [1.165, 1.54) is 0 Å². The topological polar surface area (TPSA) is 58.2 Å². The minimum atomic E-state index is -0.356. The summed E-state index contributed by atoms with van der Waals surface area (Å²) in [6.07, 6.45) is 3.67. The second kappa shape index (κ2) is 5.77. The molecular formula is C15H16ClN3O2. The molecule has 0 aliphatic carbocycles. The number of anilines is 1. The second-order valence-electron chi connectivity index (χ2n) is 5.03. The van der Waals surface area contributed by atoms with E-state index in [1.54, 1.807) is 13.3 Å². The van der Waals surface area contributed by atoms with Crippen LogP contribution in [-0.2, 0) is 0 Å². The highest BCUT2D eigenvalue weighted by Crippen LogP contribution is 2.38. The van der Waals surface area contributed by atoms with Gasteiger partial charge in [-0.15, -0.1) is 0 Å². The van der Waals surface area contributed by atoms with Gasteiger partial charge in [0.05, 0.1) is 25.0 Å². The first-order chi connectivity index (χ1) is 10.2. The molecule has 2 heterocycles. The predicted octanol–water partition coefficient (Wildman–Crippen LogP) is 2.77. The molecule has 0 bridgehead atoms. The molecule has 3 rings (SSSR count). The number of halogens is 1. The summed E-state index contributed by atoms with van der Waals surface area (Å²) in [6.45, 7) is 0.854. The third-order valence-electron chi connectivity index (χ3n) is 3.82. The molecule has 6 heteroatoms. The molecule has 1 unspecified atom stereocenters. The zero-order valence-corrected chi connectivity index (χ0v) is 12.4. The summed E-state index contributed by atoms with van der Waals surface area (Å²) >= 11 is 6.13. The van der Waals surface area contributed by atoms with E-state index >= 15 is 0 Å². The first-order valence-electron chi connectivity index (χ1n) is 6.84. The molecule has 0 radical (unpaired) electrons. The van der Waals surface area contributed by atoms with E-state index < -0.39 is 0 Å². The fourth-order valence-corrected chi connectivity index (χ4v) is 3.02. The molecule has 1 fully saturated rings. The third kappa shape index (κ3) is 2.61. The molecule has 1 aromatic carbocycles. The summed E-state index contributed by atoms with van der Waals surface area (Å²) < 4.78 is 5.29. The van der Waals surface area contributed by atoms with Crippen LogP contribution in [0.3, 0.4) is 0 Å². The SMILES string of the molecule is COc1cccc(C2CCCN2c2cn[nH]c(=O)c2Cl)c1. The third-order valence-corrected chi connectivity index (χ3v) is 4.18. The summed E-state index contributed by atoms with van der Waals surface area (Å²) in [4.78, 5) is 13.8. The van der Waals surface area contributed by atoms with Crippen molar-refractivity contribution in [3.8, 4) is 5.75 Å². The normalized spacial score (nSPS) is 18.0. The lowest BCUT2D eigenvalue weighted by atomic mass is 10.0. The number of rotatable bonds is 3. The molecule has 1 aromatic heterocycles. The average molecular weight is 306 g/mol. The Hall–Kier alpha value is -2.01. The van der Waals surface area contributed by atoms with Crippen LogP contribution in [-0.4, -0.2) is 23.9 Å². The van der Waals surface area contributed by atoms with E-state index in [0.717, 1.165) is 30.7 Å². The van der Waals surface area contributed by atoms with Gasteiger partial charge in [-0.3, -0.25) is 4.79 Å². The number of nitrogens with one attached hydrogen (secondary N) is 1. The lowest BCUT2D eigenvalue weighted by Crippen LogP contribution is -2.25. The van der Waals surface area contributed by atoms with Gasteiger partial charge in [-0.1, -0.05) is 23.7 Å². The average Bonchev–Trinajstić information content (AvgIpc) is 2.99. The maximum atomic E-state index is 11.6. The molecule has 2 aromatic rings. The molecule has 0 spiro atoms. The number of aromatic amines is 1. The quantitative estimate of drug-likeness (QED) is 0.947. The molecule has 110 valence electrons. The van der Waals surface area contributed by atoms with Gasteiger partial charge >= 0.3 is 0 Å². The van der Waals surface area contributed by atoms with Crippen molar-refractivity contribution in [3.63, 3.8) is 0 Å². The van der Waals surface area contributed by atoms with Crippen LogP contribution in [0.25, 0.3) is 0 Å². The highest BCUT2D eigenvalue weighted by molar-refractivity contribution is 6.33. The molecular weight excluding hydrogens is 290 g/mol. The molecule has 21 heavy (non-hydrogen) atoms. The highest BCUT2D eigenvalue weighted by Gasteiger charge is 2.28. The molecule has 5 nitrogen and oxygen atoms in total. The van der Waals surface area contributed by atoms with Gasteiger partial charge in [-0.2, -0.15) is 5.10 Å². The summed E-state index contributed by atoms with van der Waals surface area (Å²) in [7, 11) is 1.66. The molecule has 0 saturated carbocycles. The van der Waals surface area contributed by atoms with Crippen molar-refractivity contribution < 1.29 is 4.74 Å². The van der Waals surface area contributed by atoms with Crippen LogP contribution in [0.4, 0.5) is 5.69 Å². The predicted molar refractivity (Wildman–Crippen MR) is 82.2 cm³/mol. The maximum absolute atomic E-state index is 11.6. The fraction of sp³-hybridized carbons (Fsp3) is 0.333. The van der Waals surface area contributed by atoms with Crippen LogP contribution in [0, 0.1) is 0 Å². The zero-order valence-electron chi connectivity index (χ0n) is 11.7. The van der Waals surface area contributed by atoms with Crippen LogP contribution in [0.2, 0.25) is 5.02 Å². The number of benzene rings is 1. The van der Waals surface area contributed by atoms with Gasteiger partial charge in [0.15, 0.2) is 0 Å². The van der Waals surface area contributed by atoms with Gasteiger partial charge in [-0.25, -0.2) is 5.10 Å². The van der Waals surface area contributed by atoms with E-state index in [2.05, 4.69) is 21.2 Å². The van der Waals surface area contributed by atoms with Crippen molar-refractivity contribution in [2.24, 2.45) is 0 Å². The van der Waals surface area contributed by atoms with E-state index in [-0.39, 0.29) is 16.6 Å². The minimum absolute atomic E-state index is 0.182. The van der Waals surface area contributed by atoms with Crippen molar-refractivity contribution in [1.82, 2.24) is 10.2 Å². The van der Waals surface area contributed by atoms with Gasteiger partial charge in [0.1, 0.15) is 10.8 Å².